The Morgan fingerprint density at radius 1 is 1.35 bits per heavy atom. The molecule has 17 heavy (non-hydrogen) atoms. The lowest BCUT2D eigenvalue weighted by atomic mass is 9.83. The molecule has 1 fully saturated rings. The van der Waals surface area contributed by atoms with Crippen LogP contribution in [0.1, 0.15) is 18.5 Å². The summed E-state index contributed by atoms with van der Waals surface area (Å²) in [5, 5.41) is 12.6. The van der Waals surface area contributed by atoms with Crippen LogP contribution < -0.4 is 5.32 Å². The van der Waals surface area contributed by atoms with E-state index in [-0.39, 0.29) is 5.54 Å². The molecule has 0 atom stereocenters. The molecule has 2 aliphatic rings. The fraction of sp³-hybridized carbons (Fsp3) is 0.583. The number of fused-ring (bicyclic) bond motifs is 2. The number of hydrogen-bond acceptors (Lipinski definition) is 2. The van der Waals surface area contributed by atoms with Crippen LogP contribution in [0.15, 0.2) is 18.3 Å². The first kappa shape index (κ1) is 10.7. The molecule has 1 spiro atoms. The molecule has 0 aromatic carbocycles. The predicted molar refractivity (Wildman–Crippen MR) is 62.9 cm³/mol. The van der Waals surface area contributed by atoms with Gasteiger partial charge in [0.05, 0.1) is 5.54 Å². The second-order valence-electron chi connectivity index (χ2n) is 4.87. The molecule has 2 aliphatic heterocycles. The van der Waals surface area contributed by atoms with Crippen LogP contribution >= 0.6 is 0 Å². The van der Waals surface area contributed by atoms with E-state index in [2.05, 4.69) is 28.2 Å². The van der Waals surface area contributed by atoms with Crippen molar-refractivity contribution >= 4 is 6.09 Å². The normalized spacial score (nSPS) is 22.5. The Kier molecular flexibility index (Phi) is 2.36. The van der Waals surface area contributed by atoms with E-state index in [0.29, 0.717) is 13.1 Å². The molecular weight excluding hydrogens is 218 g/mol. The summed E-state index contributed by atoms with van der Waals surface area (Å²) in [6, 6.07) is 4.23. The molecule has 0 radical (unpaired) electrons. The van der Waals surface area contributed by atoms with Gasteiger partial charge >= 0.3 is 6.09 Å². The molecule has 3 heterocycles. The largest absolute Gasteiger partial charge is 0.465 e. The number of carboxylic acid groups (broad SMARTS) is 1. The van der Waals surface area contributed by atoms with Gasteiger partial charge in [-0.1, -0.05) is 0 Å². The molecule has 0 bridgehead atoms. The molecule has 1 saturated heterocycles. The maximum Gasteiger partial charge on any atom is 0.407 e. The molecule has 5 nitrogen and oxygen atoms in total. The quantitative estimate of drug-likeness (QED) is 0.707. The minimum absolute atomic E-state index is 0.00625. The number of nitrogens with one attached hydrogen (secondary N) is 1. The summed E-state index contributed by atoms with van der Waals surface area (Å²) in [5.41, 5.74) is 1.31. The highest BCUT2D eigenvalue weighted by atomic mass is 16.4. The highest BCUT2D eigenvalue weighted by molar-refractivity contribution is 5.65. The monoisotopic (exact) mass is 235 g/mol. The van der Waals surface area contributed by atoms with Crippen LogP contribution in [0.4, 0.5) is 4.79 Å². The van der Waals surface area contributed by atoms with Crippen molar-refractivity contribution in [1.29, 1.82) is 0 Å². The Hall–Kier alpha value is -1.49. The molecule has 1 amide bonds. The van der Waals surface area contributed by atoms with Crippen LogP contribution in [0.25, 0.3) is 0 Å². The molecule has 5 heteroatoms. The van der Waals surface area contributed by atoms with Crippen LogP contribution in [0, 0.1) is 0 Å². The summed E-state index contributed by atoms with van der Waals surface area (Å²) < 4.78 is 2.28. The molecule has 92 valence electrons. The van der Waals surface area contributed by atoms with Crippen molar-refractivity contribution in [3.63, 3.8) is 0 Å². The van der Waals surface area contributed by atoms with E-state index in [1.807, 2.05) is 0 Å². The Bertz CT molecular complexity index is 433. The number of carbonyl (C=O) groups is 1. The van der Waals surface area contributed by atoms with Gasteiger partial charge in [-0.25, -0.2) is 4.79 Å². The van der Waals surface area contributed by atoms with Crippen molar-refractivity contribution in [3.05, 3.63) is 24.0 Å². The maximum atomic E-state index is 10.9. The molecule has 3 rings (SSSR count). The van der Waals surface area contributed by atoms with Gasteiger partial charge in [0.25, 0.3) is 0 Å². The number of likely N-dealkylation sites (tertiary alicyclic amines) is 1. The van der Waals surface area contributed by atoms with Gasteiger partial charge in [0.15, 0.2) is 0 Å². The first-order valence-electron chi connectivity index (χ1n) is 6.10. The van der Waals surface area contributed by atoms with Gasteiger partial charge in [0.2, 0.25) is 0 Å². The summed E-state index contributed by atoms with van der Waals surface area (Å²) in [6.07, 6.45) is 3.04. The summed E-state index contributed by atoms with van der Waals surface area (Å²) in [4.78, 5) is 12.4. The Morgan fingerprint density at radius 2 is 2.12 bits per heavy atom. The molecule has 1 aromatic heterocycles. The summed E-state index contributed by atoms with van der Waals surface area (Å²) in [6.45, 7) is 3.21. The van der Waals surface area contributed by atoms with Gasteiger partial charge in [-0.05, 0) is 25.0 Å². The van der Waals surface area contributed by atoms with Crippen molar-refractivity contribution in [3.8, 4) is 0 Å². The number of hydrogen-bond donors (Lipinski definition) is 2. The number of aromatic nitrogens is 1. The van der Waals surface area contributed by atoms with Gasteiger partial charge < -0.3 is 19.9 Å². The number of rotatable bonds is 0. The SMILES string of the molecule is O=C(O)N1CCC2(CC1)NCCn1cccc12. The minimum Gasteiger partial charge on any atom is -0.465 e. The molecule has 0 unspecified atom stereocenters. The highest BCUT2D eigenvalue weighted by Crippen LogP contribution is 2.35. The van der Waals surface area contributed by atoms with Gasteiger partial charge in [-0.15, -0.1) is 0 Å². The van der Waals surface area contributed by atoms with Crippen molar-refractivity contribution in [2.24, 2.45) is 0 Å². The molecule has 1 aromatic rings. The smallest absolute Gasteiger partial charge is 0.407 e. The summed E-state index contributed by atoms with van der Waals surface area (Å²) >= 11 is 0. The standard InChI is InChI=1S/C12H17N3O2/c16-11(17)15-7-3-12(4-8-15)10-2-1-6-14(10)9-5-13-12/h1-2,6,13H,3-5,7-9H2,(H,16,17). The summed E-state index contributed by atoms with van der Waals surface area (Å²) in [7, 11) is 0. The van der Waals surface area contributed by atoms with Crippen molar-refractivity contribution in [1.82, 2.24) is 14.8 Å². The second kappa shape index (κ2) is 3.77. The average molecular weight is 235 g/mol. The molecular formula is C12H17N3O2. The van der Waals surface area contributed by atoms with Crippen LogP contribution in [0.2, 0.25) is 0 Å². The Balaban J connectivity index is 1.84. The van der Waals surface area contributed by atoms with Crippen molar-refractivity contribution in [2.75, 3.05) is 19.6 Å². The third-order valence-corrected chi connectivity index (χ3v) is 4.02. The molecule has 2 N–H and O–H groups in total. The average Bonchev–Trinajstić information content (AvgIpc) is 2.80. The van der Waals surface area contributed by atoms with Crippen molar-refractivity contribution < 1.29 is 9.90 Å². The predicted octanol–water partition coefficient (Wildman–Crippen LogP) is 1.06. The zero-order valence-electron chi connectivity index (χ0n) is 9.72. The van der Waals surface area contributed by atoms with Crippen LogP contribution in [0.5, 0.6) is 0 Å². The zero-order valence-corrected chi connectivity index (χ0v) is 9.72. The lowest BCUT2D eigenvalue weighted by molar-refractivity contribution is 0.0979. The maximum absolute atomic E-state index is 10.9. The minimum atomic E-state index is -0.800. The van der Waals surface area contributed by atoms with E-state index >= 15 is 0 Å². The van der Waals surface area contributed by atoms with E-state index in [9.17, 15) is 4.79 Å². The van der Waals surface area contributed by atoms with Gasteiger partial charge in [-0.3, -0.25) is 0 Å². The van der Waals surface area contributed by atoms with Gasteiger partial charge in [-0.2, -0.15) is 0 Å². The number of amides is 1. The number of piperidine rings is 1. The van der Waals surface area contributed by atoms with E-state index in [1.54, 1.807) is 0 Å². The highest BCUT2D eigenvalue weighted by Gasteiger charge is 2.40. The summed E-state index contributed by atoms with van der Waals surface area (Å²) in [5.74, 6) is 0. The van der Waals surface area contributed by atoms with Crippen LogP contribution in [-0.2, 0) is 12.1 Å². The third-order valence-electron chi connectivity index (χ3n) is 4.02. The molecule has 0 aliphatic carbocycles. The fourth-order valence-electron chi connectivity index (χ4n) is 3.06. The Labute approximate surface area is 100 Å². The van der Waals surface area contributed by atoms with Crippen LogP contribution in [0.3, 0.4) is 0 Å². The fourth-order valence-corrected chi connectivity index (χ4v) is 3.06. The Morgan fingerprint density at radius 3 is 2.82 bits per heavy atom. The van der Waals surface area contributed by atoms with E-state index < -0.39 is 6.09 Å². The topological polar surface area (TPSA) is 57.5 Å². The van der Waals surface area contributed by atoms with Crippen molar-refractivity contribution in [2.45, 2.75) is 24.9 Å². The zero-order chi connectivity index (χ0) is 11.9. The lowest BCUT2D eigenvalue weighted by Crippen LogP contribution is -2.55. The van der Waals surface area contributed by atoms with Crippen LogP contribution in [-0.4, -0.2) is 40.3 Å². The lowest BCUT2D eigenvalue weighted by Gasteiger charge is -2.44. The number of nitrogens with zero attached hydrogens (tertiary/aromatic N) is 2. The van der Waals surface area contributed by atoms with E-state index in [1.165, 1.54) is 10.6 Å². The second-order valence-corrected chi connectivity index (χ2v) is 4.87. The first-order chi connectivity index (χ1) is 8.21. The van der Waals surface area contributed by atoms with Gasteiger partial charge in [0, 0.05) is 38.1 Å². The van der Waals surface area contributed by atoms with Gasteiger partial charge in [0.1, 0.15) is 0 Å². The first-order valence-corrected chi connectivity index (χ1v) is 6.10. The molecule has 0 saturated carbocycles. The third kappa shape index (κ3) is 1.61. The van der Waals surface area contributed by atoms with E-state index in [4.69, 9.17) is 5.11 Å². The van der Waals surface area contributed by atoms with E-state index in [0.717, 1.165) is 25.9 Å².